The molecule has 1 N–H and O–H groups in total. The van der Waals surface area contributed by atoms with Crippen LogP contribution in [0.4, 0.5) is 5.82 Å². The molecule has 1 saturated carbocycles. The molecular formula is C14H21N3O3. The van der Waals surface area contributed by atoms with E-state index in [2.05, 4.69) is 19.6 Å². The molecule has 6 heteroatoms. The molecule has 1 fully saturated rings. The molecular weight excluding hydrogens is 258 g/mol. The van der Waals surface area contributed by atoms with Gasteiger partial charge >= 0.3 is 5.97 Å². The molecule has 6 nitrogen and oxygen atoms in total. The second-order valence-corrected chi connectivity index (χ2v) is 4.96. The number of rotatable bonds is 5. The Kier molecular flexibility index (Phi) is 5.29. The normalized spacial score (nSPS) is 15.9. The van der Waals surface area contributed by atoms with Gasteiger partial charge in [-0.3, -0.25) is 0 Å². The Bertz CT molecular complexity index is 430. The van der Waals surface area contributed by atoms with Crippen molar-refractivity contribution in [2.24, 2.45) is 0 Å². The molecule has 1 aliphatic rings. The first-order valence-corrected chi connectivity index (χ1v) is 7.04. The number of methoxy groups -OCH3 is 1. The first kappa shape index (κ1) is 14.7. The lowest BCUT2D eigenvalue weighted by Gasteiger charge is -2.34. The molecule has 1 aromatic heterocycles. The first-order valence-electron chi connectivity index (χ1n) is 7.04. The summed E-state index contributed by atoms with van der Waals surface area (Å²) in [5.74, 6) is 0.217. The highest BCUT2D eigenvalue weighted by atomic mass is 16.5. The number of esters is 1. The van der Waals surface area contributed by atoms with E-state index in [1.54, 1.807) is 6.20 Å². The number of hydrogen-bond acceptors (Lipinski definition) is 6. The molecule has 2 rings (SSSR count). The molecule has 0 spiro atoms. The molecule has 0 saturated heterocycles. The largest absolute Gasteiger partial charge is 0.464 e. The van der Waals surface area contributed by atoms with E-state index in [4.69, 9.17) is 0 Å². The zero-order valence-corrected chi connectivity index (χ0v) is 11.8. The third kappa shape index (κ3) is 3.45. The van der Waals surface area contributed by atoms with Crippen molar-refractivity contribution in [2.75, 3.05) is 25.2 Å². The molecule has 0 amide bonds. The van der Waals surface area contributed by atoms with E-state index < -0.39 is 5.97 Å². The summed E-state index contributed by atoms with van der Waals surface area (Å²) in [4.78, 5) is 21.8. The van der Waals surface area contributed by atoms with Crippen molar-refractivity contribution in [3.05, 3.63) is 18.1 Å². The summed E-state index contributed by atoms with van der Waals surface area (Å²) in [7, 11) is 1.32. The highest BCUT2D eigenvalue weighted by Gasteiger charge is 2.22. The topological polar surface area (TPSA) is 75.5 Å². The van der Waals surface area contributed by atoms with E-state index in [0.717, 1.165) is 12.8 Å². The average Bonchev–Trinajstić information content (AvgIpc) is 2.53. The number of anilines is 1. The second-order valence-electron chi connectivity index (χ2n) is 4.96. The van der Waals surface area contributed by atoms with Crippen molar-refractivity contribution in [2.45, 2.75) is 38.1 Å². The van der Waals surface area contributed by atoms with Crippen molar-refractivity contribution in [1.29, 1.82) is 0 Å². The van der Waals surface area contributed by atoms with E-state index in [9.17, 15) is 9.90 Å². The Labute approximate surface area is 118 Å². The standard InChI is InChI=1S/C14H21N3O3/c1-20-14(19)12-9-16-13(10-15-12)17(7-8-18)11-5-3-2-4-6-11/h9-11,18H,2-8H2,1H3. The fourth-order valence-electron chi connectivity index (χ4n) is 2.66. The number of carbonyl (C=O) groups excluding carboxylic acids is 1. The molecule has 110 valence electrons. The minimum absolute atomic E-state index is 0.0803. The van der Waals surface area contributed by atoms with E-state index in [-0.39, 0.29) is 12.3 Å². The van der Waals surface area contributed by atoms with E-state index in [1.807, 2.05) is 0 Å². The molecule has 1 aliphatic carbocycles. The maximum absolute atomic E-state index is 11.3. The zero-order chi connectivity index (χ0) is 14.4. The van der Waals surface area contributed by atoms with Crippen molar-refractivity contribution in [3.8, 4) is 0 Å². The number of carbonyl (C=O) groups is 1. The van der Waals surface area contributed by atoms with Gasteiger partial charge in [0.2, 0.25) is 0 Å². The lowest BCUT2D eigenvalue weighted by Crippen LogP contribution is -2.39. The Morgan fingerprint density at radius 1 is 1.35 bits per heavy atom. The molecule has 20 heavy (non-hydrogen) atoms. The zero-order valence-electron chi connectivity index (χ0n) is 11.8. The summed E-state index contributed by atoms with van der Waals surface area (Å²) in [5.41, 5.74) is 0.198. The summed E-state index contributed by atoms with van der Waals surface area (Å²) in [6, 6.07) is 0.397. The minimum Gasteiger partial charge on any atom is -0.464 e. The fourth-order valence-corrected chi connectivity index (χ4v) is 2.66. The van der Waals surface area contributed by atoms with E-state index >= 15 is 0 Å². The van der Waals surface area contributed by atoms with Crippen LogP contribution in [0, 0.1) is 0 Å². The van der Waals surface area contributed by atoms with Crippen LogP contribution in [0.1, 0.15) is 42.6 Å². The van der Waals surface area contributed by atoms with Crippen LogP contribution in [0.15, 0.2) is 12.4 Å². The lowest BCUT2D eigenvalue weighted by molar-refractivity contribution is 0.0593. The SMILES string of the molecule is COC(=O)c1cnc(N(CCO)C2CCCCC2)cn1. The van der Waals surface area contributed by atoms with Gasteiger partial charge in [-0.15, -0.1) is 0 Å². The Hall–Kier alpha value is -1.69. The molecule has 0 bridgehead atoms. The number of ether oxygens (including phenoxy) is 1. The lowest BCUT2D eigenvalue weighted by atomic mass is 9.94. The Balaban J connectivity index is 2.13. The number of hydrogen-bond donors (Lipinski definition) is 1. The van der Waals surface area contributed by atoms with Gasteiger partial charge in [-0.2, -0.15) is 0 Å². The number of nitrogens with zero attached hydrogens (tertiary/aromatic N) is 3. The fraction of sp³-hybridized carbons (Fsp3) is 0.643. The number of aliphatic hydroxyl groups excluding tert-OH is 1. The van der Waals surface area contributed by atoms with Crippen LogP contribution in [0.3, 0.4) is 0 Å². The summed E-state index contributed by atoms with van der Waals surface area (Å²) in [6.45, 7) is 0.619. The van der Waals surface area contributed by atoms with Crippen LogP contribution in [0.2, 0.25) is 0 Å². The van der Waals surface area contributed by atoms with Gasteiger partial charge < -0.3 is 14.7 Å². The van der Waals surface area contributed by atoms with Crippen LogP contribution in [-0.2, 0) is 4.74 Å². The van der Waals surface area contributed by atoms with Gasteiger partial charge in [-0.05, 0) is 12.8 Å². The van der Waals surface area contributed by atoms with Gasteiger partial charge in [0.25, 0.3) is 0 Å². The van der Waals surface area contributed by atoms with Gasteiger partial charge in [0.15, 0.2) is 5.69 Å². The smallest absolute Gasteiger partial charge is 0.358 e. The highest BCUT2D eigenvalue weighted by Crippen LogP contribution is 2.25. The predicted molar refractivity (Wildman–Crippen MR) is 74.7 cm³/mol. The third-order valence-corrected chi connectivity index (χ3v) is 3.68. The molecule has 0 unspecified atom stereocenters. The van der Waals surface area contributed by atoms with Crippen LogP contribution in [0.5, 0.6) is 0 Å². The van der Waals surface area contributed by atoms with Crippen LogP contribution < -0.4 is 4.90 Å². The van der Waals surface area contributed by atoms with Gasteiger partial charge in [0.05, 0.1) is 26.1 Å². The van der Waals surface area contributed by atoms with Crippen LogP contribution in [-0.4, -0.2) is 47.3 Å². The minimum atomic E-state index is -0.490. The predicted octanol–water partition coefficient (Wildman–Crippen LogP) is 1.39. The highest BCUT2D eigenvalue weighted by molar-refractivity contribution is 5.86. The van der Waals surface area contributed by atoms with Crippen LogP contribution >= 0.6 is 0 Å². The van der Waals surface area contributed by atoms with Crippen molar-refractivity contribution >= 4 is 11.8 Å². The molecule has 1 heterocycles. The number of aromatic nitrogens is 2. The second kappa shape index (κ2) is 7.19. The van der Waals surface area contributed by atoms with Crippen molar-refractivity contribution < 1.29 is 14.6 Å². The molecule has 0 aliphatic heterocycles. The summed E-state index contributed by atoms with van der Waals surface area (Å²) < 4.78 is 4.61. The van der Waals surface area contributed by atoms with Gasteiger partial charge in [0.1, 0.15) is 5.82 Å². The van der Waals surface area contributed by atoms with Gasteiger partial charge in [0, 0.05) is 12.6 Å². The quantitative estimate of drug-likeness (QED) is 0.821. The Morgan fingerprint density at radius 3 is 2.65 bits per heavy atom. The van der Waals surface area contributed by atoms with Crippen molar-refractivity contribution in [1.82, 2.24) is 9.97 Å². The first-order chi connectivity index (χ1) is 9.76. The Morgan fingerprint density at radius 2 is 2.10 bits per heavy atom. The van der Waals surface area contributed by atoms with E-state index in [0.29, 0.717) is 18.4 Å². The maximum atomic E-state index is 11.3. The van der Waals surface area contributed by atoms with Gasteiger partial charge in [-0.25, -0.2) is 14.8 Å². The maximum Gasteiger partial charge on any atom is 0.358 e. The summed E-state index contributed by atoms with van der Waals surface area (Å²) in [6.07, 6.45) is 8.92. The number of aliphatic hydroxyl groups is 1. The molecule has 1 aromatic rings. The van der Waals surface area contributed by atoms with Crippen LogP contribution in [0.25, 0.3) is 0 Å². The summed E-state index contributed by atoms with van der Waals surface area (Å²) in [5, 5.41) is 9.25. The van der Waals surface area contributed by atoms with Crippen molar-refractivity contribution in [3.63, 3.8) is 0 Å². The molecule has 0 radical (unpaired) electrons. The monoisotopic (exact) mass is 279 g/mol. The molecule has 0 aromatic carbocycles. The third-order valence-electron chi connectivity index (χ3n) is 3.68. The van der Waals surface area contributed by atoms with E-state index in [1.165, 1.54) is 32.6 Å². The average molecular weight is 279 g/mol. The summed E-state index contributed by atoms with van der Waals surface area (Å²) >= 11 is 0. The van der Waals surface area contributed by atoms with Gasteiger partial charge in [-0.1, -0.05) is 19.3 Å². The molecule has 0 atom stereocenters.